The molecule has 0 bridgehead atoms. The molecule has 0 unspecified atom stereocenters. The molecule has 2 heterocycles. The quantitative estimate of drug-likeness (QED) is 0.535. The Hall–Kier alpha value is -2.18. The third kappa shape index (κ3) is 2.30. The van der Waals surface area contributed by atoms with Crippen LogP contribution >= 0.6 is 27.3 Å². The molecule has 0 aliphatic rings. The van der Waals surface area contributed by atoms with Gasteiger partial charge in [0.15, 0.2) is 5.76 Å². The van der Waals surface area contributed by atoms with E-state index in [0.717, 1.165) is 20.1 Å². The minimum absolute atomic E-state index is 0.278. The predicted molar refractivity (Wildman–Crippen MR) is 91.5 cm³/mol. The predicted octanol–water partition coefficient (Wildman–Crippen LogP) is 5.06. The molecule has 0 radical (unpaired) electrons. The third-order valence-electron chi connectivity index (χ3n) is 3.32. The van der Waals surface area contributed by atoms with E-state index in [0.29, 0.717) is 11.3 Å². The normalized spacial score (nSPS) is 11.1. The van der Waals surface area contributed by atoms with Gasteiger partial charge in [0, 0.05) is 15.5 Å². The van der Waals surface area contributed by atoms with E-state index in [4.69, 9.17) is 4.42 Å². The number of anilines is 1. The third-order valence-corrected chi connectivity index (χ3v) is 4.82. The summed E-state index contributed by atoms with van der Waals surface area (Å²) in [6.45, 7) is 0. The van der Waals surface area contributed by atoms with Crippen molar-refractivity contribution >= 4 is 60.0 Å². The number of nitrogens with zero attached hydrogens (tertiary/aromatic N) is 1. The van der Waals surface area contributed by atoms with Crippen LogP contribution in [0.1, 0.15) is 10.6 Å². The Bertz CT molecular complexity index is 1010. The molecule has 108 valence electrons. The topological polar surface area (TPSA) is 55.1 Å². The van der Waals surface area contributed by atoms with Gasteiger partial charge in [-0.25, -0.2) is 4.98 Å². The second-order valence-corrected chi connectivity index (χ2v) is 6.49. The Balaban J connectivity index is 1.66. The van der Waals surface area contributed by atoms with E-state index in [1.54, 1.807) is 22.9 Å². The van der Waals surface area contributed by atoms with Crippen LogP contribution < -0.4 is 5.32 Å². The van der Waals surface area contributed by atoms with Gasteiger partial charge in [0.25, 0.3) is 5.91 Å². The lowest BCUT2D eigenvalue weighted by molar-refractivity contribution is 0.0998. The standard InChI is InChI=1S/C16H9BrN2O2S/c17-11-2-1-3-13-10(11)7-14(21-13)16(20)19-9-4-5-15-12(6-9)18-8-22-15/h1-8H,(H,19,20). The number of furan rings is 1. The number of benzene rings is 2. The van der Waals surface area contributed by atoms with Crippen LogP contribution in [-0.2, 0) is 0 Å². The highest BCUT2D eigenvalue weighted by atomic mass is 79.9. The molecule has 0 aliphatic heterocycles. The summed E-state index contributed by atoms with van der Waals surface area (Å²) in [7, 11) is 0. The minimum Gasteiger partial charge on any atom is -0.451 e. The molecule has 1 amide bonds. The first-order chi connectivity index (χ1) is 10.7. The number of hydrogen-bond acceptors (Lipinski definition) is 4. The van der Waals surface area contributed by atoms with Crippen molar-refractivity contribution in [1.82, 2.24) is 4.98 Å². The number of thiazole rings is 1. The van der Waals surface area contributed by atoms with Crippen molar-refractivity contribution < 1.29 is 9.21 Å². The average molecular weight is 373 g/mol. The molecule has 0 aliphatic carbocycles. The van der Waals surface area contributed by atoms with E-state index in [-0.39, 0.29) is 11.7 Å². The molecular weight excluding hydrogens is 364 g/mol. The van der Waals surface area contributed by atoms with Crippen molar-refractivity contribution in [3.63, 3.8) is 0 Å². The van der Waals surface area contributed by atoms with Crippen LogP contribution in [0.25, 0.3) is 21.2 Å². The van der Waals surface area contributed by atoms with Gasteiger partial charge in [-0.1, -0.05) is 22.0 Å². The number of carbonyl (C=O) groups excluding carboxylic acids is 1. The van der Waals surface area contributed by atoms with Crippen LogP contribution in [0.5, 0.6) is 0 Å². The van der Waals surface area contributed by atoms with Crippen molar-refractivity contribution in [1.29, 1.82) is 0 Å². The van der Waals surface area contributed by atoms with Gasteiger partial charge < -0.3 is 9.73 Å². The molecule has 0 fully saturated rings. The fourth-order valence-corrected chi connectivity index (χ4v) is 3.39. The second-order valence-electron chi connectivity index (χ2n) is 4.75. The number of rotatable bonds is 2. The van der Waals surface area contributed by atoms with Gasteiger partial charge in [0.05, 0.1) is 15.7 Å². The summed E-state index contributed by atoms with van der Waals surface area (Å²) in [6, 6.07) is 13.0. The van der Waals surface area contributed by atoms with E-state index in [1.165, 1.54) is 0 Å². The van der Waals surface area contributed by atoms with Crippen LogP contribution in [-0.4, -0.2) is 10.9 Å². The Morgan fingerprint density at radius 3 is 3.00 bits per heavy atom. The molecular formula is C16H9BrN2O2S. The molecule has 0 atom stereocenters. The second kappa shape index (κ2) is 5.23. The molecule has 0 saturated heterocycles. The molecule has 1 N–H and O–H groups in total. The van der Waals surface area contributed by atoms with E-state index in [1.807, 2.05) is 36.4 Å². The van der Waals surface area contributed by atoms with Gasteiger partial charge in [0.1, 0.15) is 5.58 Å². The van der Waals surface area contributed by atoms with Crippen molar-refractivity contribution in [2.24, 2.45) is 0 Å². The molecule has 22 heavy (non-hydrogen) atoms. The highest BCUT2D eigenvalue weighted by Gasteiger charge is 2.14. The first-order valence-electron chi connectivity index (χ1n) is 6.53. The van der Waals surface area contributed by atoms with Crippen LogP contribution in [0.2, 0.25) is 0 Å². The lowest BCUT2D eigenvalue weighted by Gasteiger charge is -2.02. The van der Waals surface area contributed by atoms with Gasteiger partial charge in [0.2, 0.25) is 0 Å². The van der Waals surface area contributed by atoms with Gasteiger partial charge in [-0.2, -0.15) is 0 Å². The monoisotopic (exact) mass is 372 g/mol. The summed E-state index contributed by atoms with van der Waals surface area (Å²) in [4.78, 5) is 16.6. The first-order valence-corrected chi connectivity index (χ1v) is 8.21. The van der Waals surface area contributed by atoms with Crippen molar-refractivity contribution in [2.45, 2.75) is 0 Å². The van der Waals surface area contributed by atoms with Gasteiger partial charge in [-0.3, -0.25) is 4.79 Å². The highest BCUT2D eigenvalue weighted by molar-refractivity contribution is 9.10. The summed E-state index contributed by atoms with van der Waals surface area (Å²) in [6.07, 6.45) is 0. The highest BCUT2D eigenvalue weighted by Crippen LogP contribution is 2.28. The van der Waals surface area contributed by atoms with Crippen molar-refractivity contribution in [3.05, 3.63) is 58.2 Å². The maximum Gasteiger partial charge on any atom is 0.291 e. The molecule has 0 saturated carbocycles. The van der Waals surface area contributed by atoms with Gasteiger partial charge in [-0.05, 0) is 36.4 Å². The fourth-order valence-electron chi connectivity index (χ4n) is 2.27. The number of fused-ring (bicyclic) bond motifs is 2. The lowest BCUT2D eigenvalue weighted by atomic mass is 10.2. The average Bonchev–Trinajstić information content (AvgIpc) is 3.13. The number of aromatic nitrogens is 1. The summed E-state index contributed by atoms with van der Waals surface area (Å²) < 4.78 is 7.59. The molecule has 2 aromatic carbocycles. The largest absolute Gasteiger partial charge is 0.451 e. The summed E-state index contributed by atoms with van der Waals surface area (Å²) >= 11 is 5.02. The molecule has 6 heteroatoms. The summed E-state index contributed by atoms with van der Waals surface area (Å²) in [5.41, 5.74) is 4.03. The Morgan fingerprint density at radius 2 is 2.14 bits per heavy atom. The SMILES string of the molecule is O=C(Nc1ccc2scnc2c1)c1cc2c(Br)cccc2o1. The smallest absolute Gasteiger partial charge is 0.291 e. The number of hydrogen-bond donors (Lipinski definition) is 1. The number of amides is 1. The van der Waals surface area contributed by atoms with E-state index < -0.39 is 0 Å². The molecule has 4 nitrogen and oxygen atoms in total. The molecule has 0 spiro atoms. The zero-order valence-corrected chi connectivity index (χ0v) is 13.6. The lowest BCUT2D eigenvalue weighted by Crippen LogP contribution is -2.10. The maximum atomic E-state index is 12.3. The molecule has 2 aromatic heterocycles. The maximum absolute atomic E-state index is 12.3. The van der Waals surface area contributed by atoms with Crippen LogP contribution in [0.3, 0.4) is 0 Å². The van der Waals surface area contributed by atoms with Crippen molar-refractivity contribution in [2.75, 3.05) is 5.32 Å². The van der Waals surface area contributed by atoms with Crippen LogP contribution in [0, 0.1) is 0 Å². The number of carbonyl (C=O) groups is 1. The molecule has 4 rings (SSSR count). The van der Waals surface area contributed by atoms with Crippen molar-refractivity contribution in [3.8, 4) is 0 Å². The Morgan fingerprint density at radius 1 is 1.23 bits per heavy atom. The van der Waals surface area contributed by atoms with E-state index in [9.17, 15) is 4.79 Å². The Kier molecular flexibility index (Phi) is 3.20. The zero-order valence-electron chi connectivity index (χ0n) is 11.2. The first kappa shape index (κ1) is 13.5. The van der Waals surface area contributed by atoms with Gasteiger partial charge >= 0.3 is 0 Å². The van der Waals surface area contributed by atoms with E-state index in [2.05, 4.69) is 26.2 Å². The van der Waals surface area contributed by atoms with E-state index >= 15 is 0 Å². The summed E-state index contributed by atoms with van der Waals surface area (Å²) in [5.74, 6) is -0.00189. The number of halogens is 1. The summed E-state index contributed by atoms with van der Waals surface area (Å²) in [5, 5.41) is 3.71. The van der Waals surface area contributed by atoms with Crippen LogP contribution in [0.4, 0.5) is 5.69 Å². The molecule has 4 aromatic rings. The minimum atomic E-state index is -0.280. The number of nitrogens with one attached hydrogen (secondary N) is 1. The van der Waals surface area contributed by atoms with Gasteiger partial charge in [-0.15, -0.1) is 11.3 Å². The zero-order chi connectivity index (χ0) is 15.1. The Labute approximate surface area is 137 Å². The fraction of sp³-hybridized carbons (Fsp3) is 0. The van der Waals surface area contributed by atoms with Crippen LogP contribution in [0.15, 0.2) is 56.9 Å².